The lowest BCUT2D eigenvalue weighted by Crippen LogP contribution is -2.43. The van der Waals surface area contributed by atoms with E-state index in [1.54, 1.807) is 6.07 Å². The average Bonchev–Trinajstić information content (AvgIpc) is 3.15. The minimum absolute atomic E-state index is 0.199. The van der Waals surface area contributed by atoms with Crippen LogP contribution in [0.5, 0.6) is 0 Å². The second-order valence-corrected chi connectivity index (χ2v) is 8.16. The zero-order valence-corrected chi connectivity index (χ0v) is 14.8. The highest BCUT2D eigenvalue weighted by atomic mass is 32.2. The number of rotatable bonds is 4. The van der Waals surface area contributed by atoms with E-state index in [4.69, 9.17) is 9.47 Å². The van der Waals surface area contributed by atoms with E-state index in [1.165, 1.54) is 0 Å². The maximum atomic E-state index is 12.0. The van der Waals surface area contributed by atoms with Crippen molar-refractivity contribution in [3.8, 4) is 0 Å². The Kier molecular flexibility index (Phi) is 6.42. The van der Waals surface area contributed by atoms with E-state index in [1.807, 2.05) is 41.7 Å². The Morgan fingerprint density at radius 2 is 2.00 bits per heavy atom. The van der Waals surface area contributed by atoms with Gasteiger partial charge in [0.05, 0.1) is 30.5 Å². The number of thioether (sulfide) groups is 2. The molecule has 130 valence electrons. The number of carbonyl (C=O) groups is 2. The van der Waals surface area contributed by atoms with E-state index >= 15 is 0 Å². The molecule has 3 rings (SSSR count). The summed E-state index contributed by atoms with van der Waals surface area (Å²) in [6.07, 6.45) is -0.199. The minimum Gasteiger partial charge on any atom is -0.376 e. The van der Waals surface area contributed by atoms with Crippen LogP contribution >= 0.6 is 23.5 Å². The van der Waals surface area contributed by atoms with Gasteiger partial charge in [0.15, 0.2) is 0 Å². The largest absolute Gasteiger partial charge is 0.376 e. The summed E-state index contributed by atoms with van der Waals surface area (Å²) in [6, 6.07) is 7.66. The van der Waals surface area contributed by atoms with Gasteiger partial charge in [-0.1, -0.05) is 12.1 Å². The molecule has 0 aromatic heterocycles. The highest BCUT2D eigenvalue weighted by molar-refractivity contribution is 8.19. The molecule has 0 bridgehead atoms. The van der Waals surface area contributed by atoms with E-state index in [0.29, 0.717) is 30.1 Å². The standard InChI is InChI=1S/C16H20N2O4S2/c19-14(17-9-13-10-21-4-5-22-13)15(20)18-12-3-1-2-11(8-12)16-23-6-7-24-16/h1-3,8,13,16H,4-7,9-10H2,(H,17,19)(H,18,20)/t13-/m0/s1. The average molecular weight is 368 g/mol. The van der Waals surface area contributed by atoms with E-state index in [0.717, 1.165) is 17.1 Å². The topological polar surface area (TPSA) is 76.7 Å². The number of amides is 2. The number of hydrogen-bond acceptors (Lipinski definition) is 6. The molecule has 1 atom stereocenters. The fourth-order valence-electron chi connectivity index (χ4n) is 2.44. The van der Waals surface area contributed by atoms with Crippen molar-refractivity contribution in [2.75, 3.05) is 43.2 Å². The summed E-state index contributed by atoms with van der Waals surface area (Å²) >= 11 is 3.80. The molecule has 0 radical (unpaired) electrons. The van der Waals surface area contributed by atoms with E-state index in [2.05, 4.69) is 10.6 Å². The van der Waals surface area contributed by atoms with Gasteiger partial charge in [0, 0.05) is 23.7 Å². The van der Waals surface area contributed by atoms with Crippen LogP contribution in [0.15, 0.2) is 24.3 Å². The van der Waals surface area contributed by atoms with E-state index in [-0.39, 0.29) is 12.6 Å². The Morgan fingerprint density at radius 3 is 2.75 bits per heavy atom. The number of anilines is 1. The molecule has 24 heavy (non-hydrogen) atoms. The Labute approximate surface area is 149 Å². The van der Waals surface area contributed by atoms with Crippen molar-refractivity contribution in [2.45, 2.75) is 10.7 Å². The maximum Gasteiger partial charge on any atom is 0.313 e. The van der Waals surface area contributed by atoms with Gasteiger partial charge < -0.3 is 20.1 Å². The fraction of sp³-hybridized carbons (Fsp3) is 0.500. The Hall–Kier alpha value is -1.22. The molecule has 8 heteroatoms. The van der Waals surface area contributed by atoms with Gasteiger partial charge in [0.1, 0.15) is 0 Å². The summed E-state index contributed by atoms with van der Waals surface area (Å²) < 4.78 is 11.1. The molecule has 2 saturated heterocycles. The van der Waals surface area contributed by atoms with Crippen LogP contribution in [0.3, 0.4) is 0 Å². The number of hydrogen-bond donors (Lipinski definition) is 2. The normalized spacial score (nSPS) is 21.4. The summed E-state index contributed by atoms with van der Waals surface area (Å²) in [4.78, 5) is 23.9. The number of benzene rings is 1. The highest BCUT2D eigenvalue weighted by Gasteiger charge is 2.21. The van der Waals surface area contributed by atoms with Crippen LogP contribution in [0, 0.1) is 0 Å². The molecule has 2 fully saturated rings. The molecule has 6 nitrogen and oxygen atoms in total. The van der Waals surface area contributed by atoms with Gasteiger partial charge in [-0.2, -0.15) is 0 Å². The van der Waals surface area contributed by atoms with Crippen molar-refractivity contribution >= 4 is 41.0 Å². The molecule has 0 spiro atoms. The van der Waals surface area contributed by atoms with E-state index < -0.39 is 11.8 Å². The molecule has 2 amide bonds. The first-order chi connectivity index (χ1) is 11.7. The van der Waals surface area contributed by atoms with Crippen LogP contribution in [0.25, 0.3) is 0 Å². The summed E-state index contributed by atoms with van der Waals surface area (Å²) in [5.41, 5.74) is 1.80. The SMILES string of the molecule is O=C(NC[C@H]1COCCO1)C(=O)Nc1cccc(C2SCCS2)c1. The summed E-state index contributed by atoms with van der Waals surface area (Å²) in [5, 5.41) is 5.23. The molecule has 0 unspecified atom stereocenters. The molecule has 0 saturated carbocycles. The lowest BCUT2D eigenvalue weighted by atomic mass is 10.2. The monoisotopic (exact) mass is 368 g/mol. The van der Waals surface area contributed by atoms with Gasteiger partial charge in [-0.05, 0) is 17.7 Å². The summed E-state index contributed by atoms with van der Waals surface area (Å²) in [7, 11) is 0. The summed E-state index contributed by atoms with van der Waals surface area (Å²) in [6.45, 7) is 1.78. The van der Waals surface area contributed by atoms with Gasteiger partial charge in [-0.3, -0.25) is 9.59 Å². The smallest absolute Gasteiger partial charge is 0.313 e. The van der Waals surface area contributed by atoms with Crippen LogP contribution in [0.2, 0.25) is 0 Å². The maximum absolute atomic E-state index is 12.0. The molecule has 1 aromatic carbocycles. The van der Waals surface area contributed by atoms with E-state index in [9.17, 15) is 9.59 Å². The highest BCUT2D eigenvalue weighted by Crippen LogP contribution is 2.45. The van der Waals surface area contributed by atoms with Crippen LogP contribution in [0.1, 0.15) is 10.1 Å². The van der Waals surface area contributed by atoms with Crippen molar-refractivity contribution in [3.63, 3.8) is 0 Å². The molecular weight excluding hydrogens is 348 g/mol. The van der Waals surface area contributed by atoms with Crippen LogP contribution in [0.4, 0.5) is 5.69 Å². The minimum atomic E-state index is -0.671. The van der Waals surface area contributed by atoms with Gasteiger partial charge >= 0.3 is 11.8 Å². The Morgan fingerprint density at radius 1 is 1.17 bits per heavy atom. The molecule has 0 aliphatic carbocycles. The Bertz CT molecular complexity index is 587. The zero-order chi connectivity index (χ0) is 16.8. The first-order valence-electron chi connectivity index (χ1n) is 7.84. The molecular formula is C16H20N2O4S2. The predicted octanol–water partition coefficient (Wildman–Crippen LogP) is 1.64. The van der Waals surface area contributed by atoms with Crippen molar-refractivity contribution in [1.82, 2.24) is 5.32 Å². The third-order valence-corrected chi connectivity index (χ3v) is 6.72. The van der Waals surface area contributed by atoms with Crippen molar-refractivity contribution in [1.29, 1.82) is 0 Å². The zero-order valence-electron chi connectivity index (χ0n) is 13.2. The van der Waals surface area contributed by atoms with Crippen molar-refractivity contribution < 1.29 is 19.1 Å². The molecule has 2 N–H and O–H groups in total. The van der Waals surface area contributed by atoms with Crippen LogP contribution in [-0.4, -0.2) is 55.8 Å². The number of ether oxygens (including phenoxy) is 2. The first kappa shape index (κ1) is 17.6. The quantitative estimate of drug-likeness (QED) is 0.787. The third kappa shape index (κ3) is 4.89. The molecule has 2 aliphatic rings. The Balaban J connectivity index is 1.50. The predicted molar refractivity (Wildman–Crippen MR) is 96.3 cm³/mol. The van der Waals surface area contributed by atoms with Gasteiger partial charge in [-0.15, -0.1) is 23.5 Å². The van der Waals surface area contributed by atoms with Crippen molar-refractivity contribution in [3.05, 3.63) is 29.8 Å². The second-order valence-electron chi connectivity index (χ2n) is 5.43. The number of nitrogens with one attached hydrogen (secondary N) is 2. The van der Waals surface area contributed by atoms with Gasteiger partial charge in [0.2, 0.25) is 0 Å². The molecule has 1 aromatic rings. The third-order valence-electron chi connectivity index (χ3n) is 3.62. The van der Waals surface area contributed by atoms with Crippen LogP contribution in [-0.2, 0) is 19.1 Å². The fourth-order valence-corrected chi connectivity index (χ4v) is 5.28. The summed E-state index contributed by atoms with van der Waals surface area (Å²) in [5.74, 6) is 0.942. The molecule has 2 aliphatic heterocycles. The van der Waals surface area contributed by atoms with Crippen LogP contribution < -0.4 is 10.6 Å². The lowest BCUT2D eigenvalue weighted by molar-refractivity contribution is -0.137. The number of carbonyl (C=O) groups excluding carboxylic acids is 2. The van der Waals surface area contributed by atoms with Crippen molar-refractivity contribution in [2.24, 2.45) is 0 Å². The molecule has 2 heterocycles. The second kappa shape index (κ2) is 8.75. The van der Waals surface area contributed by atoms with Gasteiger partial charge in [0.25, 0.3) is 0 Å². The first-order valence-corrected chi connectivity index (χ1v) is 9.94. The lowest BCUT2D eigenvalue weighted by Gasteiger charge is -2.22. The van der Waals surface area contributed by atoms with Gasteiger partial charge in [-0.25, -0.2) is 0 Å².